The molecule has 0 aliphatic carbocycles. The standard InChI is InChI=1S/C24H31Cl3N2O11/c1-22(2,3)39-18(32)15(29-20(34)40-23(4,5)6)11-36-19(33)28-14-9-7-13(8-10-14)16(17(30)31)38-21(35)37-12-24(25,26)27/h7-10,15-16H,11-12H2,1-6H3,(H,28,33)(H,29,34)(H,30,31)/t15?,16-/m1/s1. The summed E-state index contributed by atoms with van der Waals surface area (Å²) < 4.78 is 22.9. The van der Waals surface area contributed by atoms with E-state index >= 15 is 0 Å². The molecule has 0 saturated carbocycles. The van der Waals surface area contributed by atoms with Gasteiger partial charge in [-0.25, -0.2) is 24.0 Å². The maximum Gasteiger partial charge on any atom is 0.509 e. The summed E-state index contributed by atoms with van der Waals surface area (Å²) in [5.74, 6) is -2.38. The van der Waals surface area contributed by atoms with Crippen LogP contribution in [0, 0.1) is 0 Å². The Morgan fingerprint density at radius 3 is 1.88 bits per heavy atom. The lowest BCUT2D eigenvalue weighted by molar-refractivity contribution is -0.158. The number of carboxylic acids is 1. The molecule has 0 heterocycles. The molecular formula is C24H31Cl3N2O11. The van der Waals surface area contributed by atoms with Gasteiger partial charge in [-0.1, -0.05) is 46.9 Å². The summed E-state index contributed by atoms with van der Waals surface area (Å²) in [6, 6.07) is 3.73. The average Bonchev–Trinajstić information content (AvgIpc) is 2.76. The molecule has 16 heteroatoms. The Bertz CT molecular complexity index is 1060. The van der Waals surface area contributed by atoms with E-state index in [1.165, 1.54) is 24.3 Å². The predicted octanol–water partition coefficient (Wildman–Crippen LogP) is 5.12. The fourth-order valence-electron chi connectivity index (χ4n) is 2.58. The number of benzene rings is 1. The Labute approximate surface area is 245 Å². The molecule has 2 amide bonds. The zero-order chi connectivity index (χ0) is 30.9. The van der Waals surface area contributed by atoms with Gasteiger partial charge in [0.15, 0.2) is 6.04 Å². The molecule has 0 radical (unpaired) electrons. The highest BCUT2D eigenvalue weighted by molar-refractivity contribution is 6.67. The van der Waals surface area contributed by atoms with Crippen molar-refractivity contribution in [2.24, 2.45) is 0 Å². The fourth-order valence-corrected chi connectivity index (χ4v) is 2.74. The number of esters is 1. The lowest BCUT2D eigenvalue weighted by Gasteiger charge is -2.26. The number of alkyl carbamates (subject to hydrolysis) is 1. The molecule has 224 valence electrons. The number of anilines is 1. The minimum Gasteiger partial charge on any atom is -0.478 e. The largest absolute Gasteiger partial charge is 0.509 e. The van der Waals surface area contributed by atoms with E-state index in [-0.39, 0.29) is 11.3 Å². The first-order valence-electron chi connectivity index (χ1n) is 11.5. The topological polar surface area (TPSA) is 176 Å². The summed E-state index contributed by atoms with van der Waals surface area (Å²) in [5, 5.41) is 14.1. The minimum atomic E-state index is -1.92. The van der Waals surface area contributed by atoms with Gasteiger partial charge in [0.05, 0.1) is 0 Å². The van der Waals surface area contributed by atoms with E-state index in [1.807, 2.05) is 0 Å². The molecule has 3 N–H and O–H groups in total. The molecule has 40 heavy (non-hydrogen) atoms. The summed E-state index contributed by atoms with van der Waals surface area (Å²) in [4.78, 5) is 60.3. The number of hydrogen-bond acceptors (Lipinski definition) is 10. The number of alkyl halides is 3. The first-order valence-corrected chi connectivity index (χ1v) is 12.7. The molecule has 1 unspecified atom stereocenters. The minimum absolute atomic E-state index is 0.0174. The van der Waals surface area contributed by atoms with Crippen molar-refractivity contribution >= 4 is 70.8 Å². The maximum absolute atomic E-state index is 12.5. The van der Waals surface area contributed by atoms with Gasteiger partial charge in [0, 0.05) is 11.3 Å². The van der Waals surface area contributed by atoms with Crippen LogP contribution in [0.25, 0.3) is 0 Å². The van der Waals surface area contributed by atoms with Crippen LogP contribution in [0.3, 0.4) is 0 Å². The number of rotatable bonds is 9. The zero-order valence-electron chi connectivity index (χ0n) is 22.5. The van der Waals surface area contributed by atoms with E-state index in [0.29, 0.717) is 0 Å². The first-order chi connectivity index (χ1) is 18.1. The smallest absolute Gasteiger partial charge is 0.478 e. The second kappa shape index (κ2) is 14.5. The van der Waals surface area contributed by atoms with Crippen molar-refractivity contribution in [3.8, 4) is 0 Å². The summed E-state index contributed by atoms with van der Waals surface area (Å²) in [7, 11) is 0. The van der Waals surface area contributed by atoms with Crippen LogP contribution in [0.4, 0.5) is 20.1 Å². The van der Waals surface area contributed by atoms with Crippen molar-refractivity contribution in [1.82, 2.24) is 5.32 Å². The van der Waals surface area contributed by atoms with Gasteiger partial charge in [-0.3, -0.25) is 5.32 Å². The Balaban J connectivity index is 2.83. The Morgan fingerprint density at radius 1 is 0.850 bits per heavy atom. The van der Waals surface area contributed by atoms with Crippen LogP contribution in [0.15, 0.2) is 24.3 Å². The third-order valence-electron chi connectivity index (χ3n) is 4.02. The number of carbonyl (C=O) groups is 5. The molecule has 13 nitrogen and oxygen atoms in total. The van der Waals surface area contributed by atoms with Gasteiger partial charge in [-0.15, -0.1) is 0 Å². The predicted molar refractivity (Wildman–Crippen MR) is 144 cm³/mol. The maximum atomic E-state index is 12.5. The van der Waals surface area contributed by atoms with E-state index in [2.05, 4.69) is 15.4 Å². The van der Waals surface area contributed by atoms with E-state index in [4.69, 9.17) is 53.8 Å². The number of ether oxygens (including phenoxy) is 5. The van der Waals surface area contributed by atoms with Crippen molar-refractivity contribution in [3.05, 3.63) is 29.8 Å². The first kappa shape index (κ1) is 34.9. The van der Waals surface area contributed by atoms with Crippen molar-refractivity contribution in [1.29, 1.82) is 0 Å². The van der Waals surface area contributed by atoms with Gasteiger partial charge in [-0.2, -0.15) is 0 Å². The quantitative estimate of drug-likeness (QED) is 0.188. The van der Waals surface area contributed by atoms with Crippen LogP contribution in [0.2, 0.25) is 0 Å². The van der Waals surface area contributed by atoms with Crippen molar-refractivity contribution in [3.63, 3.8) is 0 Å². The number of nitrogens with one attached hydrogen (secondary N) is 2. The molecule has 0 bridgehead atoms. The number of carboxylic acid groups (broad SMARTS) is 1. The number of halogens is 3. The molecule has 2 atom stereocenters. The van der Waals surface area contributed by atoms with E-state index in [0.717, 1.165) is 0 Å². The normalized spacial score (nSPS) is 13.2. The monoisotopic (exact) mass is 628 g/mol. The van der Waals surface area contributed by atoms with Crippen LogP contribution >= 0.6 is 34.8 Å². The molecule has 1 rings (SSSR count). The van der Waals surface area contributed by atoms with Gasteiger partial charge >= 0.3 is 30.3 Å². The van der Waals surface area contributed by atoms with Gasteiger partial charge in [0.2, 0.25) is 9.90 Å². The number of amides is 2. The van der Waals surface area contributed by atoms with Gasteiger partial charge in [0.1, 0.15) is 24.4 Å². The third kappa shape index (κ3) is 14.8. The second-order valence-corrected chi connectivity index (χ2v) is 12.6. The summed E-state index contributed by atoms with van der Waals surface area (Å²) >= 11 is 16.4. The van der Waals surface area contributed by atoms with Crippen molar-refractivity contribution in [2.45, 2.75) is 68.7 Å². The van der Waals surface area contributed by atoms with Crippen LogP contribution in [0.5, 0.6) is 0 Å². The number of aliphatic carboxylic acids is 1. The number of carbonyl (C=O) groups excluding carboxylic acids is 4. The molecular weight excluding hydrogens is 599 g/mol. The van der Waals surface area contributed by atoms with Crippen LogP contribution in [-0.2, 0) is 33.3 Å². The average molecular weight is 630 g/mol. The summed E-state index contributed by atoms with van der Waals surface area (Å²) in [5.41, 5.74) is -1.55. The molecule has 0 aromatic heterocycles. The molecule has 0 aliphatic heterocycles. The molecule has 0 aliphatic rings. The highest BCUT2D eigenvalue weighted by Gasteiger charge is 2.31. The van der Waals surface area contributed by atoms with Crippen LogP contribution in [-0.4, -0.2) is 69.6 Å². The van der Waals surface area contributed by atoms with Gasteiger partial charge in [-0.05, 0) is 53.7 Å². The molecule has 0 fully saturated rings. The SMILES string of the molecule is CC(C)(C)OC(=O)NC(COC(=O)Nc1ccc([C@@H](OC(=O)OCC(Cl)(Cl)Cl)C(=O)O)cc1)C(=O)OC(C)(C)C. The van der Waals surface area contributed by atoms with Crippen molar-refractivity contribution in [2.75, 3.05) is 18.5 Å². The summed E-state index contributed by atoms with van der Waals surface area (Å²) in [6.07, 6.45) is -5.08. The fraction of sp³-hybridized carbons (Fsp3) is 0.542. The second-order valence-electron chi connectivity index (χ2n) is 10.1. The molecule has 0 saturated heterocycles. The van der Waals surface area contributed by atoms with Crippen molar-refractivity contribution < 1.29 is 52.8 Å². The van der Waals surface area contributed by atoms with Gasteiger partial charge < -0.3 is 34.1 Å². The zero-order valence-corrected chi connectivity index (χ0v) is 24.8. The van der Waals surface area contributed by atoms with Crippen LogP contribution < -0.4 is 10.6 Å². The highest BCUT2D eigenvalue weighted by atomic mass is 35.6. The van der Waals surface area contributed by atoms with E-state index < -0.39 is 70.6 Å². The Hall–Kier alpha value is -3.16. The molecule has 1 aromatic carbocycles. The van der Waals surface area contributed by atoms with Gasteiger partial charge in [0.25, 0.3) is 0 Å². The summed E-state index contributed by atoms with van der Waals surface area (Å²) in [6.45, 7) is 8.51. The highest BCUT2D eigenvalue weighted by Crippen LogP contribution is 2.27. The van der Waals surface area contributed by atoms with E-state index in [1.54, 1.807) is 41.5 Å². The lowest BCUT2D eigenvalue weighted by atomic mass is 10.1. The Kier molecular flexibility index (Phi) is 12.6. The number of hydrogen-bond donors (Lipinski definition) is 3. The van der Waals surface area contributed by atoms with Crippen LogP contribution in [0.1, 0.15) is 53.2 Å². The van der Waals surface area contributed by atoms with E-state index in [9.17, 15) is 29.1 Å². The molecule has 1 aromatic rings. The Morgan fingerprint density at radius 2 is 1.40 bits per heavy atom. The third-order valence-corrected chi connectivity index (χ3v) is 4.34. The molecule has 0 spiro atoms. The lowest BCUT2D eigenvalue weighted by Crippen LogP contribution is -2.48.